The fourth-order valence-electron chi connectivity index (χ4n) is 5.39. The molecule has 0 fully saturated rings. The molecule has 0 atom stereocenters. The molecular weight excluding hydrogens is 592 g/mol. The maximum atomic E-state index is 13.1. The second kappa shape index (κ2) is 20.6. The van der Waals surface area contributed by atoms with E-state index in [-0.39, 0.29) is 11.6 Å². The molecule has 0 saturated carbocycles. The average molecular weight is 649 g/mol. The Hall–Kier alpha value is -4.58. The number of hydrogen-bond donors (Lipinski definition) is 2. The van der Waals surface area contributed by atoms with E-state index >= 15 is 0 Å². The van der Waals surface area contributed by atoms with Crippen LogP contribution in [0.25, 0.3) is 0 Å². The van der Waals surface area contributed by atoms with Crippen molar-refractivity contribution in [3.05, 3.63) is 119 Å². The number of anilines is 4. The zero-order valence-corrected chi connectivity index (χ0v) is 29.6. The number of hydrogen-bond acceptors (Lipinski definition) is 6. The summed E-state index contributed by atoms with van der Waals surface area (Å²) in [6.07, 6.45) is 9.59. The lowest BCUT2D eigenvalue weighted by Gasteiger charge is -2.25. The number of nitrogens with two attached hydrogens (primary N) is 2. The molecule has 0 bridgehead atoms. The number of benzene rings is 4. The zero-order chi connectivity index (χ0) is 34.7. The monoisotopic (exact) mass is 648 g/mol. The number of carbonyl (C=O) groups is 2. The SMILES string of the molecule is CCCCN(CCCC)c1ccc(C(=O)c2ccc(N(CCCC)CCCC)cc2)cc1.Nc1ccc(C(=O)c2ccc(N)cc2)cc1. The number of nitrogens with zero attached hydrogens (tertiary/aromatic N) is 2. The minimum atomic E-state index is -0.0278. The molecule has 4 aromatic rings. The van der Waals surface area contributed by atoms with Crippen LogP contribution in [-0.2, 0) is 0 Å². The molecule has 0 saturated heterocycles. The van der Waals surface area contributed by atoms with Crippen LogP contribution in [0.1, 0.15) is 111 Å². The van der Waals surface area contributed by atoms with Crippen LogP contribution in [0.4, 0.5) is 22.7 Å². The third-order valence-corrected chi connectivity index (χ3v) is 8.46. The number of ketones is 2. The van der Waals surface area contributed by atoms with Crippen LogP contribution in [0.5, 0.6) is 0 Å². The van der Waals surface area contributed by atoms with E-state index in [1.807, 2.05) is 24.3 Å². The van der Waals surface area contributed by atoms with Crippen molar-refractivity contribution in [2.75, 3.05) is 47.4 Å². The largest absolute Gasteiger partial charge is 0.399 e. The Morgan fingerprint density at radius 2 is 0.646 bits per heavy atom. The molecule has 0 aromatic heterocycles. The molecule has 48 heavy (non-hydrogen) atoms. The third kappa shape index (κ3) is 11.9. The maximum absolute atomic E-state index is 13.1. The third-order valence-electron chi connectivity index (χ3n) is 8.46. The Balaban J connectivity index is 0.000000324. The number of nitrogen functional groups attached to an aromatic ring is 2. The Kier molecular flexibility index (Phi) is 16.3. The smallest absolute Gasteiger partial charge is 0.193 e. The molecule has 4 N–H and O–H groups in total. The highest BCUT2D eigenvalue weighted by Crippen LogP contribution is 2.22. The minimum Gasteiger partial charge on any atom is -0.399 e. The summed E-state index contributed by atoms with van der Waals surface area (Å²) in [6.45, 7) is 13.3. The predicted octanol–water partition coefficient (Wildman–Crippen LogP) is 9.81. The highest BCUT2D eigenvalue weighted by Gasteiger charge is 2.13. The van der Waals surface area contributed by atoms with Crippen LogP contribution >= 0.6 is 0 Å². The summed E-state index contributed by atoms with van der Waals surface area (Å²) in [5.74, 6) is 0.0745. The van der Waals surface area contributed by atoms with Crippen LogP contribution in [0, 0.1) is 0 Å². The van der Waals surface area contributed by atoms with Gasteiger partial charge in [-0.15, -0.1) is 0 Å². The summed E-state index contributed by atoms with van der Waals surface area (Å²) in [4.78, 5) is 30.0. The first kappa shape index (κ1) is 37.9. The Labute approximate surface area is 289 Å². The van der Waals surface area contributed by atoms with E-state index in [1.165, 1.54) is 62.7 Å². The van der Waals surface area contributed by atoms with Gasteiger partial charge in [0.05, 0.1) is 0 Å². The molecule has 4 aromatic carbocycles. The van der Waals surface area contributed by atoms with Crippen molar-refractivity contribution in [3.8, 4) is 0 Å². The van der Waals surface area contributed by atoms with Gasteiger partial charge in [-0.05, 0) is 123 Å². The second-order valence-electron chi connectivity index (χ2n) is 12.4. The summed E-state index contributed by atoms with van der Waals surface area (Å²) in [5, 5.41) is 0. The van der Waals surface area contributed by atoms with Gasteiger partial charge in [-0.1, -0.05) is 53.4 Å². The topological polar surface area (TPSA) is 92.7 Å². The zero-order valence-electron chi connectivity index (χ0n) is 29.6. The summed E-state index contributed by atoms with van der Waals surface area (Å²) < 4.78 is 0. The standard InChI is InChI=1S/C29H44N2O.C13H12N2O/c1-5-9-21-30(22-10-6-2)27-17-13-25(14-18-27)29(32)26-15-19-28(20-16-26)31(23-11-7-3)24-12-8-4;14-11-5-1-9(2-6-11)13(16)10-3-7-12(15)8-4-10/h13-20H,5-12,21-24H2,1-4H3;1-8H,14-15H2. The number of unbranched alkanes of at least 4 members (excludes halogenated alkanes) is 4. The molecule has 0 aliphatic carbocycles. The molecule has 6 heteroatoms. The minimum absolute atomic E-state index is 0.0278. The van der Waals surface area contributed by atoms with Crippen LogP contribution in [-0.4, -0.2) is 37.7 Å². The molecule has 0 radical (unpaired) electrons. The van der Waals surface area contributed by atoms with Gasteiger partial charge in [-0.3, -0.25) is 9.59 Å². The van der Waals surface area contributed by atoms with Gasteiger partial charge in [-0.2, -0.15) is 0 Å². The molecule has 0 spiro atoms. The van der Waals surface area contributed by atoms with E-state index in [1.54, 1.807) is 48.5 Å². The van der Waals surface area contributed by atoms with E-state index in [9.17, 15) is 9.59 Å². The lowest BCUT2D eigenvalue weighted by molar-refractivity contribution is 0.103. The van der Waals surface area contributed by atoms with E-state index in [0.29, 0.717) is 22.5 Å². The van der Waals surface area contributed by atoms with Crippen molar-refractivity contribution >= 4 is 34.3 Å². The average Bonchev–Trinajstić information content (AvgIpc) is 3.12. The fourth-order valence-corrected chi connectivity index (χ4v) is 5.39. The summed E-state index contributed by atoms with van der Waals surface area (Å²) in [7, 11) is 0. The van der Waals surface area contributed by atoms with Gasteiger partial charge in [-0.25, -0.2) is 0 Å². The van der Waals surface area contributed by atoms with Gasteiger partial charge < -0.3 is 21.3 Å². The Morgan fingerprint density at radius 3 is 0.875 bits per heavy atom. The Bertz CT molecular complexity index is 1370. The first-order valence-electron chi connectivity index (χ1n) is 17.8. The molecule has 256 valence electrons. The van der Waals surface area contributed by atoms with Crippen molar-refractivity contribution in [2.45, 2.75) is 79.1 Å². The van der Waals surface area contributed by atoms with Crippen molar-refractivity contribution in [1.82, 2.24) is 0 Å². The van der Waals surface area contributed by atoms with Gasteiger partial charge >= 0.3 is 0 Å². The van der Waals surface area contributed by atoms with Crippen molar-refractivity contribution < 1.29 is 9.59 Å². The first-order chi connectivity index (χ1) is 23.3. The van der Waals surface area contributed by atoms with Gasteiger partial charge in [0.2, 0.25) is 0 Å². The van der Waals surface area contributed by atoms with Gasteiger partial charge in [0, 0.05) is 71.2 Å². The molecule has 0 amide bonds. The molecular formula is C42H56N4O2. The van der Waals surface area contributed by atoms with Crippen LogP contribution < -0.4 is 21.3 Å². The molecule has 0 aliphatic heterocycles. The highest BCUT2D eigenvalue weighted by molar-refractivity contribution is 6.09. The highest BCUT2D eigenvalue weighted by atomic mass is 16.1. The van der Waals surface area contributed by atoms with Crippen molar-refractivity contribution in [3.63, 3.8) is 0 Å². The second-order valence-corrected chi connectivity index (χ2v) is 12.4. The fraction of sp³-hybridized carbons (Fsp3) is 0.381. The van der Waals surface area contributed by atoms with Gasteiger partial charge in [0.25, 0.3) is 0 Å². The van der Waals surface area contributed by atoms with Gasteiger partial charge in [0.15, 0.2) is 11.6 Å². The first-order valence-corrected chi connectivity index (χ1v) is 17.8. The summed E-state index contributed by atoms with van der Waals surface area (Å²) >= 11 is 0. The van der Waals surface area contributed by atoms with Crippen molar-refractivity contribution in [1.29, 1.82) is 0 Å². The van der Waals surface area contributed by atoms with Crippen LogP contribution in [0.15, 0.2) is 97.1 Å². The lowest BCUT2D eigenvalue weighted by atomic mass is 10.0. The summed E-state index contributed by atoms with van der Waals surface area (Å²) in [6, 6.07) is 30.1. The molecule has 0 heterocycles. The predicted molar refractivity (Wildman–Crippen MR) is 206 cm³/mol. The van der Waals surface area contributed by atoms with E-state index in [4.69, 9.17) is 11.5 Å². The van der Waals surface area contributed by atoms with Crippen LogP contribution in [0.2, 0.25) is 0 Å². The van der Waals surface area contributed by atoms with Crippen LogP contribution in [0.3, 0.4) is 0 Å². The van der Waals surface area contributed by atoms with E-state index < -0.39 is 0 Å². The molecule has 4 rings (SSSR count). The normalized spacial score (nSPS) is 10.6. The van der Waals surface area contributed by atoms with Crippen molar-refractivity contribution in [2.24, 2.45) is 0 Å². The number of carbonyl (C=O) groups excluding carboxylic acids is 2. The van der Waals surface area contributed by atoms with E-state index in [0.717, 1.165) is 37.3 Å². The quantitative estimate of drug-likeness (QED) is 0.0824. The molecule has 6 nitrogen and oxygen atoms in total. The lowest BCUT2D eigenvalue weighted by Crippen LogP contribution is -2.25. The van der Waals surface area contributed by atoms with E-state index in [2.05, 4.69) is 61.8 Å². The number of rotatable bonds is 18. The maximum Gasteiger partial charge on any atom is 0.193 e. The Morgan fingerprint density at radius 1 is 0.417 bits per heavy atom. The molecule has 0 aliphatic rings. The molecule has 0 unspecified atom stereocenters. The summed E-state index contributed by atoms with van der Waals surface area (Å²) in [5.41, 5.74) is 17.6. The van der Waals surface area contributed by atoms with Gasteiger partial charge in [0.1, 0.15) is 0 Å².